The van der Waals surface area contributed by atoms with Crippen molar-refractivity contribution in [3.05, 3.63) is 56.9 Å². The second kappa shape index (κ2) is 9.28. The summed E-state index contributed by atoms with van der Waals surface area (Å²) in [6, 6.07) is 7.96. The van der Waals surface area contributed by atoms with Crippen molar-refractivity contribution in [3.63, 3.8) is 0 Å². The van der Waals surface area contributed by atoms with Gasteiger partial charge in [0.05, 0.1) is 41.2 Å². The number of fused-ring (bicyclic) bond motifs is 5. The third kappa shape index (κ3) is 4.13. The molecule has 0 unspecified atom stereocenters. The lowest BCUT2D eigenvalue weighted by Crippen LogP contribution is -2.49. The van der Waals surface area contributed by atoms with Crippen LogP contribution < -0.4 is 10.3 Å². The summed E-state index contributed by atoms with van der Waals surface area (Å²) in [6.45, 7) is 13.0. The van der Waals surface area contributed by atoms with Crippen LogP contribution in [0.1, 0.15) is 83.1 Å². The van der Waals surface area contributed by atoms with Crippen molar-refractivity contribution < 1.29 is 19.0 Å². The van der Waals surface area contributed by atoms with Crippen molar-refractivity contribution in [2.45, 2.75) is 91.6 Å². The Morgan fingerprint density at radius 3 is 2.57 bits per heavy atom. The Morgan fingerprint density at radius 2 is 1.89 bits per heavy atom. The molecule has 3 aromatic rings. The van der Waals surface area contributed by atoms with E-state index in [0.717, 1.165) is 52.9 Å². The van der Waals surface area contributed by atoms with E-state index in [1.54, 1.807) is 4.57 Å². The molecule has 2 aromatic heterocycles. The van der Waals surface area contributed by atoms with Gasteiger partial charge in [0, 0.05) is 16.5 Å². The number of cyclic esters (lactones) is 1. The summed E-state index contributed by atoms with van der Waals surface area (Å²) < 4.78 is 19.6. The summed E-state index contributed by atoms with van der Waals surface area (Å²) in [5.41, 5.74) is 3.59. The Balaban J connectivity index is 1.70. The number of aryl methyl sites for hydroxylation is 1. The minimum atomic E-state index is -1.33. The van der Waals surface area contributed by atoms with Crippen LogP contribution in [0.3, 0.4) is 0 Å². The normalized spacial score (nSPS) is 18.4. The fraction of sp³-hybridized carbons (Fsp3) is 0.500. The van der Waals surface area contributed by atoms with Crippen molar-refractivity contribution in [3.8, 4) is 17.1 Å². The third-order valence-electron chi connectivity index (χ3n) is 7.35. The Hall–Kier alpha value is -3.19. The number of rotatable bonds is 7. The van der Waals surface area contributed by atoms with Crippen LogP contribution >= 0.6 is 0 Å². The second-order valence-corrected chi connectivity index (χ2v) is 10.9. The van der Waals surface area contributed by atoms with Crippen LogP contribution in [-0.2, 0) is 39.4 Å². The van der Waals surface area contributed by atoms with Gasteiger partial charge in [0.15, 0.2) is 5.60 Å². The first-order chi connectivity index (χ1) is 17.6. The lowest BCUT2D eigenvalue weighted by atomic mass is 9.84. The SMILES string of the molecule is CCCCOc1ccc2nc3c(c(CC)c2c1)Cn1c-3cc2c(c1=O)COC(=O)[C@@]2(CC)OC(C)(C)C. The van der Waals surface area contributed by atoms with Crippen molar-refractivity contribution in [1.82, 2.24) is 9.55 Å². The highest BCUT2D eigenvalue weighted by Crippen LogP contribution is 2.43. The molecule has 0 spiro atoms. The molecule has 0 N–H and O–H groups in total. The van der Waals surface area contributed by atoms with E-state index in [-0.39, 0.29) is 12.2 Å². The average Bonchev–Trinajstić information content (AvgIpc) is 3.22. The number of esters is 1. The van der Waals surface area contributed by atoms with E-state index in [0.29, 0.717) is 30.7 Å². The number of ether oxygens (including phenoxy) is 3. The maximum absolute atomic E-state index is 13.8. The van der Waals surface area contributed by atoms with E-state index in [1.807, 2.05) is 45.9 Å². The number of carbonyl (C=O) groups is 1. The standard InChI is InChI=1S/C30H36N2O5/c1-7-10-13-35-18-11-12-24-20(14-18)19(8-2)21-16-32-25(26(21)31-24)15-23-22(27(32)33)17-36-28(34)30(23,9-3)37-29(4,5)6/h11-12,14-15H,7-10,13,16-17H2,1-6H3/t30-/m0/s1. The molecular weight excluding hydrogens is 468 g/mol. The van der Waals surface area contributed by atoms with Gasteiger partial charge in [-0.25, -0.2) is 9.78 Å². The zero-order chi connectivity index (χ0) is 26.5. The van der Waals surface area contributed by atoms with E-state index in [1.165, 1.54) is 5.56 Å². The molecule has 0 fully saturated rings. The molecular formula is C30H36N2O5. The number of hydrogen-bond acceptors (Lipinski definition) is 6. The quantitative estimate of drug-likeness (QED) is 0.239. The maximum atomic E-state index is 13.8. The zero-order valence-electron chi connectivity index (χ0n) is 22.7. The lowest BCUT2D eigenvalue weighted by Gasteiger charge is -2.40. The molecule has 0 amide bonds. The number of nitrogens with zero attached hydrogens (tertiary/aromatic N) is 2. The first kappa shape index (κ1) is 25.5. The number of aromatic nitrogens is 2. The number of hydrogen-bond donors (Lipinski definition) is 0. The molecule has 196 valence electrons. The molecule has 7 heteroatoms. The topological polar surface area (TPSA) is 79.7 Å². The van der Waals surface area contributed by atoms with Crippen LogP contribution in [0, 0.1) is 0 Å². The second-order valence-electron chi connectivity index (χ2n) is 10.9. The molecule has 1 aromatic carbocycles. The van der Waals surface area contributed by atoms with Crippen molar-refractivity contribution in [1.29, 1.82) is 0 Å². The molecule has 0 aliphatic carbocycles. The van der Waals surface area contributed by atoms with E-state index >= 15 is 0 Å². The Morgan fingerprint density at radius 1 is 1.11 bits per heavy atom. The first-order valence-corrected chi connectivity index (χ1v) is 13.4. The van der Waals surface area contributed by atoms with Gasteiger partial charge in [-0.1, -0.05) is 27.2 Å². The molecule has 1 atom stereocenters. The van der Waals surface area contributed by atoms with Gasteiger partial charge in [0.1, 0.15) is 12.4 Å². The summed E-state index contributed by atoms with van der Waals surface area (Å²) >= 11 is 0. The van der Waals surface area contributed by atoms with Gasteiger partial charge in [0.2, 0.25) is 0 Å². The Kier molecular flexibility index (Phi) is 6.39. The monoisotopic (exact) mass is 504 g/mol. The minimum Gasteiger partial charge on any atom is -0.494 e. The molecule has 4 heterocycles. The smallest absolute Gasteiger partial charge is 0.343 e. The number of pyridine rings is 2. The number of benzene rings is 1. The van der Waals surface area contributed by atoms with E-state index in [2.05, 4.69) is 19.9 Å². The maximum Gasteiger partial charge on any atom is 0.343 e. The fourth-order valence-corrected chi connectivity index (χ4v) is 5.65. The molecule has 0 saturated heterocycles. The zero-order valence-corrected chi connectivity index (χ0v) is 22.7. The van der Waals surface area contributed by atoms with E-state index in [4.69, 9.17) is 19.2 Å². The molecule has 0 bridgehead atoms. The van der Waals surface area contributed by atoms with Gasteiger partial charge in [-0.3, -0.25) is 4.79 Å². The molecule has 7 nitrogen and oxygen atoms in total. The van der Waals surface area contributed by atoms with Gasteiger partial charge in [0.25, 0.3) is 5.56 Å². The molecule has 37 heavy (non-hydrogen) atoms. The molecule has 2 aliphatic rings. The molecule has 0 saturated carbocycles. The summed E-state index contributed by atoms with van der Waals surface area (Å²) in [6.07, 6.45) is 3.25. The lowest BCUT2D eigenvalue weighted by molar-refractivity contribution is -0.200. The van der Waals surface area contributed by atoms with Crippen molar-refractivity contribution >= 4 is 16.9 Å². The van der Waals surface area contributed by atoms with E-state index < -0.39 is 17.2 Å². The van der Waals surface area contributed by atoms with Gasteiger partial charge >= 0.3 is 5.97 Å². The Bertz CT molecular complexity index is 1450. The van der Waals surface area contributed by atoms with Gasteiger partial charge < -0.3 is 18.8 Å². The van der Waals surface area contributed by atoms with Gasteiger partial charge in [-0.15, -0.1) is 0 Å². The van der Waals surface area contributed by atoms with Crippen LogP contribution in [0.5, 0.6) is 5.75 Å². The average molecular weight is 505 g/mol. The van der Waals surface area contributed by atoms with Crippen molar-refractivity contribution in [2.24, 2.45) is 0 Å². The van der Waals surface area contributed by atoms with E-state index in [9.17, 15) is 9.59 Å². The highest BCUT2D eigenvalue weighted by molar-refractivity contribution is 5.90. The summed E-state index contributed by atoms with van der Waals surface area (Å²) in [4.78, 5) is 32.0. The number of unbranched alkanes of at least 4 members (excludes halogenated alkanes) is 1. The Labute approximate surface area is 217 Å². The van der Waals surface area contributed by atoms with Gasteiger partial charge in [-0.05, 0) is 69.9 Å². The first-order valence-electron chi connectivity index (χ1n) is 13.4. The third-order valence-corrected chi connectivity index (χ3v) is 7.35. The predicted molar refractivity (Wildman–Crippen MR) is 143 cm³/mol. The summed E-state index contributed by atoms with van der Waals surface area (Å²) in [5, 5.41) is 1.05. The highest BCUT2D eigenvalue weighted by Gasteiger charge is 2.50. The molecule has 5 rings (SSSR count). The van der Waals surface area contributed by atoms with Crippen LogP contribution in [0.2, 0.25) is 0 Å². The summed E-state index contributed by atoms with van der Waals surface area (Å²) in [5.74, 6) is 0.388. The minimum absolute atomic E-state index is 0.0482. The predicted octanol–water partition coefficient (Wildman–Crippen LogP) is 5.64. The van der Waals surface area contributed by atoms with Crippen molar-refractivity contribution in [2.75, 3.05) is 6.61 Å². The summed E-state index contributed by atoms with van der Waals surface area (Å²) in [7, 11) is 0. The van der Waals surface area contributed by atoms with Crippen LogP contribution in [0.15, 0.2) is 29.1 Å². The molecule has 2 aliphatic heterocycles. The number of carbonyl (C=O) groups excluding carboxylic acids is 1. The van der Waals surface area contributed by atoms with Crippen LogP contribution in [0.4, 0.5) is 0 Å². The van der Waals surface area contributed by atoms with Gasteiger partial charge in [-0.2, -0.15) is 0 Å². The molecule has 0 radical (unpaired) electrons. The highest BCUT2D eigenvalue weighted by atomic mass is 16.6. The fourth-order valence-electron chi connectivity index (χ4n) is 5.65. The van der Waals surface area contributed by atoms with Crippen LogP contribution in [-0.4, -0.2) is 27.7 Å². The largest absolute Gasteiger partial charge is 0.494 e. The van der Waals surface area contributed by atoms with Crippen LogP contribution in [0.25, 0.3) is 22.3 Å².